The molecule has 1 rings (SSSR count). The minimum atomic E-state index is -1.10. The van der Waals surface area contributed by atoms with Crippen LogP contribution in [0.4, 0.5) is 0 Å². The number of carbonyl (C=O) groups excluding carboxylic acids is 1. The second kappa shape index (κ2) is 8.12. The van der Waals surface area contributed by atoms with E-state index in [-0.39, 0.29) is 19.2 Å². The topological polar surface area (TPSA) is 76.0 Å². The Morgan fingerprint density at radius 2 is 1.86 bits per heavy atom. The molecule has 0 aliphatic carbocycles. The lowest BCUT2D eigenvalue weighted by atomic mass is 9.97. The van der Waals surface area contributed by atoms with E-state index in [1.807, 2.05) is 30.3 Å². The third-order valence-electron chi connectivity index (χ3n) is 2.91. The van der Waals surface area contributed by atoms with Crippen molar-refractivity contribution in [3.05, 3.63) is 35.9 Å². The summed E-state index contributed by atoms with van der Waals surface area (Å²) >= 11 is 0. The van der Waals surface area contributed by atoms with Gasteiger partial charge in [-0.1, -0.05) is 30.3 Å². The normalized spacial score (nSPS) is 14.5. The highest BCUT2D eigenvalue weighted by atomic mass is 16.6. The number of aliphatic hydroxyl groups excluding tert-OH is 2. The molecule has 0 aliphatic heterocycles. The zero-order valence-corrected chi connectivity index (χ0v) is 12.8. The minimum absolute atomic E-state index is 0.0926. The highest BCUT2D eigenvalue weighted by Crippen LogP contribution is 2.16. The Labute approximate surface area is 125 Å². The molecule has 0 saturated heterocycles. The van der Waals surface area contributed by atoms with Gasteiger partial charge >= 0.3 is 5.97 Å². The molecule has 2 atom stereocenters. The molecule has 0 spiro atoms. The van der Waals surface area contributed by atoms with Crippen LogP contribution in [0, 0.1) is 5.41 Å². The van der Waals surface area contributed by atoms with E-state index in [0.29, 0.717) is 0 Å². The van der Waals surface area contributed by atoms with Crippen LogP contribution in [0.15, 0.2) is 30.3 Å². The number of esters is 1. The lowest BCUT2D eigenvalue weighted by Crippen LogP contribution is -2.38. The van der Waals surface area contributed by atoms with E-state index >= 15 is 0 Å². The van der Waals surface area contributed by atoms with Crippen molar-refractivity contribution in [2.24, 2.45) is 5.41 Å². The Morgan fingerprint density at radius 1 is 1.24 bits per heavy atom. The first kappa shape index (κ1) is 17.6. The van der Waals surface area contributed by atoms with Crippen molar-refractivity contribution in [3.8, 4) is 0 Å². The van der Waals surface area contributed by atoms with Gasteiger partial charge < -0.3 is 19.7 Å². The lowest BCUT2D eigenvalue weighted by molar-refractivity contribution is -0.162. The first-order chi connectivity index (χ1) is 9.84. The summed E-state index contributed by atoms with van der Waals surface area (Å²) in [5.41, 5.74) is 0.323. The summed E-state index contributed by atoms with van der Waals surface area (Å²) in [5, 5.41) is 18.8. The SMILES string of the molecule is CC(C)(C)C(=O)OC[C@H](OCc1ccccc1)[C@@H](O)CO. The number of ether oxygens (including phenoxy) is 2. The summed E-state index contributed by atoms with van der Waals surface area (Å²) < 4.78 is 10.7. The Kier molecular flexibility index (Phi) is 6.81. The van der Waals surface area contributed by atoms with Gasteiger partial charge in [-0.2, -0.15) is 0 Å². The molecular weight excluding hydrogens is 272 g/mol. The molecule has 1 aromatic rings. The molecular formula is C16H24O5. The zero-order valence-electron chi connectivity index (χ0n) is 12.8. The highest BCUT2D eigenvalue weighted by Gasteiger charge is 2.26. The number of benzene rings is 1. The fraction of sp³-hybridized carbons (Fsp3) is 0.562. The molecule has 2 N–H and O–H groups in total. The van der Waals surface area contributed by atoms with Crippen LogP contribution in [-0.4, -0.2) is 41.6 Å². The van der Waals surface area contributed by atoms with Crippen LogP contribution < -0.4 is 0 Å². The Hall–Kier alpha value is -1.43. The van der Waals surface area contributed by atoms with E-state index in [1.54, 1.807) is 20.8 Å². The fourth-order valence-electron chi connectivity index (χ4n) is 1.54. The number of hydrogen-bond donors (Lipinski definition) is 2. The van der Waals surface area contributed by atoms with Gasteiger partial charge in [0.15, 0.2) is 0 Å². The number of carbonyl (C=O) groups is 1. The van der Waals surface area contributed by atoms with Gasteiger partial charge in [-0.25, -0.2) is 0 Å². The molecule has 0 aliphatic rings. The van der Waals surface area contributed by atoms with Crippen molar-refractivity contribution in [1.29, 1.82) is 0 Å². The third kappa shape index (κ3) is 6.25. The van der Waals surface area contributed by atoms with Crippen LogP contribution in [0.5, 0.6) is 0 Å². The maximum atomic E-state index is 11.7. The largest absolute Gasteiger partial charge is 0.462 e. The molecule has 0 amide bonds. The molecule has 0 unspecified atom stereocenters. The molecule has 5 heteroatoms. The van der Waals surface area contributed by atoms with Gasteiger partial charge in [-0.3, -0.25) is 4.79 Å². The van der Waals surface area contributed by atoms with Crippen molar-refractivity contribution < 1.29 is 24.5 Å². The van der Waals surface area contributed by atoms with Crippen molar-refractivity contribution in [3.63, 3.8) is 0 Å². The van der Waals surface area contributed by atoms with Gasteiger partial charge in [-0.05, 0) is 26.3 Å². The monoisotopic (exact) mass is 296 g/mol. The molecule has 0 heterocycles. The Morgan fingerprint density at radius 3 is 2.38 bits per heavy atom. The Balaban J connectivity index is 2.54. The maximum Gasteiger partial charge on any atom is 0.311 e. The summed E-state index contributed by atoms with van der Waals surface area (Å²) in [6.07, 6.45) is -1.86. The van der Waals surface area contributed by atoms with E-state index in [2.05, 4.69) is 0 Å². The molecule has 1 aromatic carbocycles. The summed E-state index contributed by atoms with van der Waals surface area (Å²) in [7, 11) is 0. The summed E-state index contributed by atoms with van der Waals surface area (Å²) in [4.78, 5) is 11.7. The van der Waals surface area contributed by atoms with E-state index in [1.165, 1.54) is 0 Å². The van der Waals surface area contributed by atoms with Crippen molar-refractivity contribution in [1.82, 2.24) is 0 Å². The summed E-state index contributed by atoms with van der Waals surface area (Å²) in [5.74, 6) is -0.374. The minimum Gasteiger partial charge on any atom is -0.462 e. The number of hydrogen-bond acceptors (Lipinski definition) is 5. The van der Waals surface area contributed by atoms with Crippen LogP contribution in [0.25, 0.3) is 0 Å². The standard InChI is InChI=1S/C16H24O5/c1-16(2,3)15(19)21-11-14(13(18)9-17)20-10-12-7-5-4-6-8-12/h4-8,13-14,17-18H,9-11H2,1-3H3/t13-,14-/m0/s1. The summed E-state index contributed by atoms with van der Waals surface area (Å²) in [6.45, 7) is 4.97. The van der Waals surface area contributed by atoms with Crippen molar-refractivity contribution >= 4 is 5.97 Å². The molecule has 0 fully saturated rings. The maximum absolute atomic E-state index is 11.7. The molecule has 0 saturated carbocycles. The van der Waals surface area contributed by atoms with Crippen LogP contribution in [0.2, 0.25) is 0 Å². The average molecular weight is 296 g/mol. The smallest absolute Gasteiger partial charge is 0.311 e. The first-order valence-electron chi connectivity index (χ1n) is 6.96. The highest BCUT2D eigenvalue weighted by molar-refractivity contribution is 5.75. The van der Waals surface area contributed by atoms with Gasteiger partial charge in [0.2, 0.25) is 0 Å². The van der Waals surface area contributed by atoms with Crippen LogP contribution in [0.1, 0.15) is 26.3 Å². The predicted molar refractivity (Wildman–Crippen MR) is 78.5 cm³/mol. The molecule has 21 heavy (non-hydrogen) atoms. The quantitative estimate of drug-likeness (QED) is 0.746. The van der Waals surface area contributed by atoms with Crippen LogP contribution >= 0.6 is 0 Å². The predicted octanol–water partition coefficient (Wildman–Crippen LogP) is 1.51. The van der Waals surface area contributed by atoms with E-state index < -0.39 is 24.2 Å². The van der Waals surface area contributed by atoms with Crippen LogP contribution in [-0.2, 0) is 20.9 Å². The van der Waals surface area contributed by atoms with Crippen molar-refractivity contribution in [2.45, 2.75) is 39.6 Å². The molecule has 118 valence electrons. The average Bonchev–Trinajstić information content (AvgIpc) is 2.46. The van der Waals surface area contributed by atoms with Crippen LogP contribution in [0.3, 0.4) is 0 Å². The van der Waals surface area contributed by atoms with E-state index in [9.17, 15) is 9.90 Å². The molecule has 0 radical (unpaired) electrons. The number of aliphatic hydroxyl groups is 2. The van der Waals surface area contributed by atoms with E-state index in [0.717, 1.165) is 5.56 Å². The van der Waals surface area contributed by atoms with Crippen molar-refractivity contribution in [2.75, 3.05) is 13.2 Å². The fourth-order valence-corrected chi connectivity index (χ4v) is 1.54. The zero-order chi connectivity index (χ0) is 15.9. The summed E-state index contributed by atoms with van der Waals surface area (Å²) in [6, 6.07) is 9.45. The number of rotatable bonds is 7. The van der Waals surface area contributed by atoms with Gasteiger partial charge in [0.1, 0.15) is 18.8 Å². The lowest BCUT2D eigenvalue weighted by Gasteiger charge is -2.24. The molecule has 5 nitrogen and oxygen atoms in total. The third-order valence-corrected chi connectivity index (χ3v) is 2.91. The van der Waals surface area contributed by atoms with Gasteiger partial charge in [0.25, 0.3) is 0 Å². The van der Waals surface area contributed by atoms with E-state index in [4.69, 9.17) is 14.6 Å². The van der Waals surface area contributed by atoms with Gasteiger partial charge in [0.05, 0.1) is 18.6 Å². The Bertz CT molecular complexity index is 424. The molecule has 0 aromatic heterocycles. The first-order valence-corrected chi connectivity index (χ1v) is 6.96. The van der Waals surface area contributed by atoms with Gasteiger partial charge in [-0.15, -0.1) is 0 Å². The molecule has 0 bridgehead atoms. The second-order valence-electron chi connectivity index (χ2n) is 5.93. The van der Waals surface area contributed by atoms with Gasteiger partial charge in [0, 0.05) is 0 Å². The second-order valence-corrected chi connectivity index (χ2v) is 5.93.